The van der Waals surface area contributed by atoms with Crippen molar-refractivity contribution in [2.75, 3.05) is 6.54 Å². The fraction of sp³-hybridized carbons (Fsp3) is 0.464. The first-order valence-corrected chi connectivity index (χ1v) is 11.9. The molecule has 0 radical (unpaired) electrons. The Morgan fingerprint density at radius 1 is 1.03 bits per heavy atom. The molecule has 0 aliphatic rings. The fourth-order valence-electron chi connectivity index (χ4n) is 4.12. The molecule has 0 N–H and O–H groups in total. The van der Waals surface area contributed by atoms with Gasteiger partial charge in [0.15, 0.2) is 0 Å². The third-order valence-electron chi connectivity index (χ3n) is 5.81. The van der Waals surface area contributed by atoms with Gasteiger partial charge >= 0.3 is 0 Å². The average Bonchev–Trinajstić information content (AvgIpc) is 2.76. The zero-order valence-corrected chi connectivity index (χ0v) is 21.1. The lowest BCUT2D eigenvalue weighted by Gasteiger charge is -2.34. The van der Waals surface area contributed by atoms with E-state index in [1.807, 2.05) is 60.4 Å². The van der Waals surface area contributed by atoms with E-state index in [0.717, 1.165) is 12.1 Å². The fourth-order valence-corrected chi connectivity index (χ4v) is 4.12. The number of nitrogens with zero attached hydrogens (tertiary/aromatic N) is 3. The third-order valence-corrected chi connectivity index (χ3v) is 5.81. The Balaban J connectivity index is 2.21. The predicted molar refractivity (Wildman–Crippen MR) is 136 cm³/mol. The van der Waals surface area contributed by atoms with Gasteiger partial charge in [-0.1, -0.05) is 65.8 Å². The molecule has 3 aromatic rings. The molecule has 0 saturated carbocycles. The number of fused-ring (bicyclic) bond motifs is 1. The summed E-state index contributed by atoms with van der Waals surface area (Å²) in [6.07, 6.45) is 1.37. The molecule has 1 amide bonds. The maximum atomic E-state index is 13.7. The number of benzene rings is 2. The molecule has 0 fully saturated rings. The van der Waals surface area contributed by atoms with Crippen LogP contribution in [0.1, 0.15) is 72.3 Å². The Labute approximate surface area is 197 Å². The summed E-state index contributed by atoms with van der Waals surface area (Å²) in [6.45, 7) is 15.1. The average molecular weight is 448 g/mol. The van der Waals surface area contributed by atoms with Crippen LogP contribution in [0.4, 0.5) is 0 Å². The minimum absolute atomic E-state index is 0.0824. The summed E-state index contributed by atoms with van der Waals surface area (Å²) in [5.74, 6) is 0.964. The number of rotatable bonds is 7. The van der Waals surface area contributed by atoms with Gasteiger partial charge in [0.2, 0.25) is 5.91 Å². The first-order valence-electron chi connectivity index (χ1n) is 11.9. The summed E-state index contributed by atoms with van der Waals surface area (Å²) in [7, 11) is 0. The Bertz CT molecular complexity index is 1170. The molecule has 0 aliphatic heterocycles. The van der Waals surface area contributed by atoms with Crippen molar-refractivity contribution >= 4 is 16.8 Å². The van der Waals surface area contributed by atoms with E-state index in [9.17, 15) is 9.59 Å². The number of aryl methyl sites for hydroxylation is 1. The molecule has 1 atom stereocenters. The number of carbonyl (C=O) groups is 1. The van der Waals surface area contributed by atoms with Crippen LogP contribution in [-0.2, 0) is 11.2 Å². The molecular formula is C28H37N3O2. The molecule has 0 aliphatic carbocycles. The van der Waals surface area contributed by atoms with Gasteiger partial charge in [0, 0.05) is 13.0 Å². The standard InChI is InChI=1S/C28H37N3O2/c1-8-21-13-15-22(16-14-21)31-26(29-24-12-10-9-11-23(24)27(31)33)20(4)30(18-19(2)3)25(32)17-28(5,6)7/h9-16,19-20H,8,17-18H2,1-7H3. The predicted octanol–water partition coefficient (Wildman–Crippen LogP) is 5.93. The molecule has 5 nitrogen and oxygen atoms in total. The molecule has 5 heteroatoms. The van der Waals surface area contributed by atoms with Crippen molar-refractivity contribution in [1.29, 1.82) is 0 Å². The van der Waals surface area contributed by atoms with Crippen LogP contribution >= 0.6 is 0 Å². The van der Waals surface area contributed by atoms with E-state index in [0.29, 0.717) is 35.6 Å². The van der Waals surface area contributed by atoms with Gasteiger partial charge in [-0.05, 0) is 54.5 Å². The zero-order valence-electron chi connectivity index (χ0n) is 21.1. The van der Waals surface area contributed by atoms with Crippen LogP contribution < -0.4 is 5.56 Å². The number of hydrogen-bond donors (Lipinski definition) is 0. The topological polar surface area (TPSA) is 55.2 Å². The molecule has 1 heterocycles. The lowest BCUT2D eigenvalue weighted by Crippen LogP contribution is -2.40. The van der Waals surface area contributed by atoms with E-state index in [1.165, 1.54) is 5.56 Å². The van der Waals surface area contributed by atoms with E-state index < -0.39 is 0 Å². The lowest BCUT2D eigenvalue weighted by atomic mass is 9.91. The van der Waals surface area contributed by atoms with Crippen LogP contribution in [0.25, 0.3) is 16.6 Å². The number of amides is 1. The Hall–Kier alpha value is -2.95. The highest BCUT2D eigenvalue weighted by Gasteiger charge is 2.29. The Morgan fingerprint density at radius 2 is 1.67 bits per heavy atom. The second kappa shape index (κ2) is 9.90. The zero-order chi connectivity index (χ0) is 24.3. The van der Waals surface area contributed by atoms with Crippen molar-refractivity contribution in [3.05, 3.63) is 70.3 Å². The number of carbonyl (C=O) groups excluding carboxylic acids is 1. The van der Waals surface area contributed by atoms with Crippen LogP contribution in [0.2, 0.25) is 0 Å². The van der Waals surface area contributed by atoms with Gasteiger partial charge in [-0.2, -0.15) is 0 Å². The maximum Gasteiger partial charge on any atom is 0.266 e. The van der Waals surface area contributed by atoms with Crippen LogP contribution in [0.5, 0.6) is 0 Å². The molecule has 176 valence electrons. The van der Waals surface area contributed by atoms with Crippen LogP contribution in [0, 0.1) is 11.3 Å². The van der Waals surface area contributed by atoms with Gasteiger partial charge in [-0.15, -0.1) is 0 Å². The summed E-state index contributed by atoms with van der Waals surface area (Å²) in [5.41, 5.74) is 2.39. The second-order valence-corrected chi connectivity index (χ2v) is 10.5. The van der Waals surface area contributed by atoms with Gasteiger partial charge in [0.05, 0.1) is 22.6 Å². The Kier molecular flexibility index (Phi) is 7.41. The van der Waals surface area contributed by atoms with Crippen molar-refractivity contribution in [3.8, 4) is 5.69 Å². The van der Waals surface area contributed by atoms with Gasteiger partial charge in [-0.25, -0.2) is 4.98 Å². The molecular weight excluding hydrogens is 410 g/mol. The van der Waals surface area contributed by atoms with Crippen molar-refractivity contribution in [3.63, 3.8) is 0 Å². The third kappa shape index (κ3) is 5.70. The summed E-state index contributed by atoms with van der Waals surface area (Å²) in [4.78, 5) is 33.9. The monoisotopic (exact) mass is 447 g/mol. The molecule has 33 heavy (non-hydrogen) atoms. The molecule has 0 bridgehead atoms. The minimum atomic E-state index is -0.356. The number of aromatic nitrogens is 2. The van der Waals surface area contributed by atoms with Gasteiger partial charge in [0.25, 0.3) is 5.56 Å². The van der Waals surface area contributed by atoms with Gasteiger partial charge in [0.1, 0.15) is 5.82 Å². The smallest absolute Gasteiger partial charge is 0.266 e. The van der Waals surface area contributed by atoms with Crippen molar-refractivity contribution < 1.29 is 4.79 Å². The lowest BCUT2D eigenvalue weighted by molar-refractivity contribution is -0.136. The van der Waals surface area contributed by atoms with Crippen LogP contribution in [-0.4, -0.2) is 26.9 Å². The number of para-hydroxylation sites is 1. The van der Waals surface area contributed by atoms with Gasteiger partial charge < -0.3 is 4.90 Å². The second-order valence-electron chi connectivity index (χ2n) is 10.5. The summed E-state index contributed by atoms with van der Waals surface area (Å²) in [5, 5.41) is 0.574. The van der Waals surface area contributed by atoms with Crippen LogP contribution in [0.15, 0.2) is 53.3 Å². The van der Waals surface area contributed by atoms with Crippen molar-refractivity contribution in [2.24, 2.45) is 11.3 Å². The molecule has 1 aromatic heterocycles. The van der Waals surface area contributed by atoms with E-state index in [2.05, 4.69) is 41.5 Å². The molecule has 0 spiro atoms. The number of hydrogen-bond acceptors (Lipinski definition) is 3. The summed E-state index contributed by atoms with van der Waals surface area (Å²) in [6, 6.07) is 15.1. The van der Waals surface area contributed by atoms with Crippen LogP contribution in [0.3, 0.4) is 0 Å². The molecule has 1 unspecified atom stereocenters. The molecule has 0 saturated heterocycles. The first kappa shape index (κ1) is 24.7. The molecule has 3 rings (SSSR count). The van der Waals surface area contributed by atoms with E-state index in [4.69, 9.17) is 4.98 Å². The minimum Gasteiger partial charge on any atom is -0.333 e. The van der Waals surface area contributed by atoms with Crippen molar-refractivity contribution in [2.45, 2.75) is 67.3 Å². The molecule has 2 aromatic carbocycles. The maximum absolute atomic E-state index is 13.7. The quantitative estimate of drug-likeness (QED) is 0.451. The van der Waals surface area contributed by atoms with E-state index in [1.54, 1.807) is 4.57 Å². The highest BCUT2D eigenvalue weighted by molar-refractivity contribution is 5.79. The van der Waals surface area contributed by atoms with E-state index >= 15 is 0 Å². The summed E-state index contributed by atoms with van der Waals surface area (Å²) < 4.78 is 1.68. The summed E-state index contributed by atoms with van der Waals surface area (Å²) >= 11 is 0. The normalized spacial score (nSPS) is 12.8. The van der Waals surface area contributed by atoms with E-state index in [-0.39, 0.29) is 22.9 Å². The highest BCUT2D eigenvalue weighted by atomic mass is 16.2. The van der Waals surface area contributed by atoms with Gasteiger partial charge in [-0.3, -0.25) is 14.2 Å². The Morgan fingerprint density at radius 3 is 2.24 bits per heavy atom. The largest absolute Gasteiger partial charge is 0.333 e. The SMILES string of the molecule is CCc1ccc(-n2c(C(C)N(CC(C)C)C(=O)CC(C)(C)C)nc3ccccc3c2=O)cc1. The highest BCUT2D eigenvalue weighted by Crippen LogP contribution is 2.28. The van der Waals surface area contributed by atoms with Crippen molar-refractivity contribution in [1.82, 2.24) is 14.5 Å². The first-order chi connectivity index (χ1) is 15.5.